The molecular formula is C18H19N3O7. The third kappa shape index (κ3) is 5.66. The van der Waals surface area contributed by atoms with Crippen LogP contribution in [0.2, 0.25) is 0 Å². The van der Waals surface area contributed by atoms with Gasteiger partial charge >= 0.3 is 5.97 Å². The predicted molar refractivity (Wildman–Crippen MR) is 96.3 cm³/mol. The van der Waals surface area contributed by atoms with Crippen molar-refractivity contribution in [3.05, 3.63) is 63.6 Å². The molecule has 28 heavy (non-hydrogen) atoms. The normalized spacial score (nSPS) is 10.2. The molecular weight excluding hydrogens is 370 g/mol. The molecule has 2 amide bonds. The molecule has 1 heterocycles. The summed E-state index contributed by atoms with van der Waals surface area (Å²) in [6, 6.07) is 7.28. The summed E-state index contributed by atoms with van der Waals surface area (Å²) in [5, 5.41) is 13.5. The zero-order valence-electron chi connectivity index (χ0n) is 15.3. The fraction of sp³-hybridized carbons (Fsp3) is 0.278. The maximum atomic E-state index is 12.0. The molecule has 0 bridgehead atoms. The Balaban J connectivity index is 1.82. The maximum absolute atomic E-state index is 12.0. The second kappa shape index (κ2) is 9.31. The number of aryl methyl sites for hydroxylation is 1. The average Bonchev–Trinajstić information content (AvgIpc) is 3.17. The quantitative estimate of drug-likeness (QED) is 0.410. The summed E-state index contributed by atoms with van der Waals surface area (Å²) in [4.78, 5) is 47.3. The van der Waals surface area contributed by atoms with E-state index in [0.29, 0.717) is 11.3 Å². The Labute approximate surface area is 160 Å². The predicted octanol–water partition coefficient (Wildman–Crippen LogP) is 1.43. The number of nitrogens with one attached hydrogen (secondary N) is 1. The Hall–Kier alpha value is -3.69. The highest BCUT2D eigenvalue weighted by atomic mass is 16.6. The summed E-state index contributed by atoms with van der Waals surface area (Å²) in [6.07, 6.45) is 1.48. The summed E-state index contributed by atoms with van der Waals surface area (Å²) in [6.45, 7) is 0.910. The molecule has 0 fully saturated rings. The Bertz CT molecular complexity index is 877. The van der Waals surface area contributed by atoms with Gasteiger partial charge in [0.15, 0.2) is 6.61 Å². The summed E-state index contributed by atoms with van der Waals surface area (Å²) >= 11 is 0. The van der Waals surface area contributed by atoms with Crippen molar-refractivity contribution in [1.29, 1.82) is 0 Å². The number of hydrogen-bond donors (Lipinski definition) is 1. The van der Waals surface area contributed by atoms with Gasteiger partial charge in [0.2, 0.25) is 5.91 Å². The molecule has 2 rings (SSSR count). The van der Waals surface area contributed by atoms with Gasteiger partial charge in [0.1, 0.15) is 5.76 Å². The van der Waals surface area contributed by atoms with Crippen LogP contribution >= 0.6 is 0 Å². The van der Waals surface area contributed by atoms with Gasteiger partial charge in [0.25, 0.3) is 11.6 Å². The molecule has 0 unspecified atom stereocenters. The summed E-state index contributed by atoms with van der Waals surface area (Å²) in [5.41, 5.74) is 0.146. The van der Waals surface area contributed by atoms with Gasteiger partial charge in [0.05, 0.1) is 29.8 Å². The van der Waals surface area contributed by atoms with Gasteiger partial charge in [-0.05, 0) is 25.1 Å². The molecule has 0 saturated heterocycles. The summed E-state index contributed by atoms with van der Waals surface area (Å²) in [5.74, 6) is -1.30. The number of carbonyl (C=O) groups is 3. The summed E-state index contributed by atoms with van der Waals surface area (Å²) in [7, 11) is 1.39. The van der Waals surface area contributed by atoms with Crippen LogP contribution in [0.4, 0.5) is 5.69 Å². The minimum Gasteiger partial charge on any atom is -0.467 e. The van der Waals surface area contributed by atoms with E-state index in [4.69, 9.17) is 9.15 Å². The van der Waals surface area contributed by atoms with Gasteiger partial charge < -0.3 is 19.4 Å². The molecule has 0 spiro atoms. The first-order valence-electron chi connectivity index (χ1n) is 8.23. The van der Waals surface area contributed by atoms with Crippen LogP contribution in [0.1, 0.15) is 21.7 Å². The van der Waals surface area contributed by atoms with E-state index in [1.54, 1.807) is 19.1 Å². The van der Waals surface area contributed by atoms with Gasteiger partial charge in [-0.2, -0.15) is 0 Å². The van der Waals surface area contributed by atoms with Crippen molar-refractivity contribution in [1.82, 2.24) is 10.2 Å². The Kier molecular flexibility index (Phi) is 6.85. The molecule has 0 saturated carbocycles. The number of amides is 2. The largest absolute Gasteiger partial charge is 0.467 e. The number of nitrogens with zero attached hydrogens (tertiary/aromatic N) is 2. The molecule has 1 aromatic heterocycles. The van der Waals surface area contributed by atoms with E-state index in [0.717, 1.165) is 11.0 Å². The van der Waals surface area contributed by atoms with Crippen LogP contribution in [0.15, 0.2) is 41.0 Å². The van der Waals surface area contributed by atoms with Gasteiger partial charge in [-0.1, -0.05) is 6.07 Å². The number of likely N-dealkylation sites (N-methyl/N-ethyl adjacent to an activating group) is 1. The topological polar surface area (TPSA) is 132 Å². The van der Waals surface area contributed by atoms with Crippen LogP contribution in [-0.4, -0.2) is 47.8 Å². The van der Waals surface area contributed by atoms with E-state index in [1.807, 2.05) is 0 Å². The van der Waals surface area contributed by atoms with Crippen LogP contribution in [0.25, 0.3) is 0 Å². The Morgan fingerprint density at radius 2 is 2.04 bits per heavy atom. The van der Waals surface area contributed by atoms with Crippen molar-refractivity contribution in [3.63, 3.8) is 0 Å². The number of hydrogen-bond acceptors (Lipinski definition) is 7. The van der Waals surface area contributed by atoms with Gasteiger partial charge in [-0.25, -0.2) is 4.79 Å². The van der Waals surface area contributed by atoms with Gasteiger partial charge in [-0.3, -0.25) is 19.7 Å². The molecule has 2 aromatic rings. The van der Waals surface area contributed by atoms with Crippen molar-refractivity contribution in [2.45, 2.75) is 13.5 Å². The number of esters is 1. The molecule has 10 heteroatoms. The number of furan rings is 1. The first-order chi connectivity index (χ1) is 13.3. The molecule has 1 N–H and O–H groups in total. The van der Waals surface area contributed by atoms with Crippen molar-refractivity contribution in [2.75, 3.05) is 20.2 Å². The van der Waals surface area contributed by atoms with Gasteiger partial charge in [0, 0.05) is 18.7 Å². The first-order valence-corrected chi connectivity index (χ1v) is 8.23. The van der Waals surface area contributed by atoms with E-state index in [1.165, 1.54) is 25.4 Å². The molecule has 10 nitrogen and oxygen atoms in total. The van der Waals surface area contributed by atoms with Crippen molar-refractivity contribution in [2.24, 2.45) is 0 Å². The molecule has 0 atom stereocenters. The van der Waals surface area contributed by atoms with Crippen molar-refractivity contribution >= 4 is 23.5 Å². The number of ether oxygens (including phenoxy) is 1. The monoisotopic (exact) mass is 389 g/mol. The van der Waals surface area contributed by atoms with E-state index < -0.39 is 29.3 Å². The molecule has 0 aliphatic heterocycles. The van der Waals surface area contributed by atoms with Crippen LogP contribution in [-0.2, 0) is 20.9 Å². The lowest BCUT2D eigenvalue weighted by molar-refractivity contribution is -0.385. The van der Waals surface area contributed by atoms with Crippen molar-refractivity contribution in [3.8, 4) is 0 Å². The highest BCUT2D eigenvalue weighted by Gasteiger charge is 2.19. The molecule has 0 aliphatic carbocycles. The highest BCUT2D eigenvalue weighted by molar-refractivity contribution is 5.92. The molecule has 1 aromatic carbocycles. The number of nitro groups is 1. The minimum absolute atomic E-state index is 0.0380. The van der Waals surface area contributed by atoms with E-state index in [9.17, 15) is 24.5 Å². The van der Waals surface area contributed by atoms with E-state index >= 15 is 0 Å². The highest BCUT2D eigenvalue weighted by Crippen LogP contribution is 2.19. The molecule has 0 radical (unpaired) electrons. The lowest BCUT2D eigenvalue weighted by Gasteiger charge is -2.16. The fourth-order valence-corrected chi connectivity index (χ4v) is 2.21. The second-order valence-corrected chi connectivity index (χ2v) is 5.94. The zero-order valence-corrected chi connectivity index (χ0v) is 15.3. The Morgan fingerprint density at radius 3 is 2.68 bits per heavy atom. The SMILES string of the molecule is Cc1ccc(C(=O)OCC(=O)N(C)CC(=O)NCc2ccco2)cc1[N+](=O)[O-]. The maximum Gasteiger partial charge on any atom is 0.338 e. The first kappa shape index (κ1) is 20.6. The number of nitro benzene ring substituents is 1. The lowest BCUT2D eigenvalue weighted by Crippen LogP contribution is -2.39. The lowest BCUT2D eigenvalue weighted by atomic mass is 10.1. The third-order valence-electron chi connectivity index (χ3n) is 3.81. The Morgan fingerprint density at radius 1 is 1.29 bits per heavy atom. The number of carbonyl (C=O) groups excluding carboxylic acids is 3. The standard InChI is InChI=1S/C18H19N3O7/c1-12-5-6-13(8-15(12)21(25)26)18(24)28-11-17(23)20(2)10-16(22)19-9-14-4-3-7-27-14/h3-8H,9-11H2,1-2H3,(H,19,22). The van der Waals surface area contributed by atoms with Gasteiger partial charge in [-0.15, -0.1) is 0 Å². The molecule has 0 aliphatic rings. The third-order valence-corrected chi connectivity index (χ3v) is 3.81. The zero-order chi connectivity index (χ0) is 20.7. The second-order valence-electron chi connectivity index (χ2n) is 5.94. The van der Waals surface area contributed by atoms with Crippen LogP contribution in [0, 0.1) is 17.0 Å². The van der Waals surface area contributed by atoms with Crippen molar-refractivity contribution < 1.29 is 28.5 Å². The fourth-order valence-electron chi connectivity index (χ4n) is 2.21. The smallest absolute Gasteiger partial charge is 0.338 e. The molecule has 148 valence electrons. The minimum atomic E-state index is -0.868. The summed E-state index contributed by atoms with van der Waals surface area (Å²) < 4.78 is 9.97. The van der Waals surface area contributed by atoms with Crippen LogP contribution < -0.4 is 5.32 Å². The van der Waals surface area contributed by atoms with Crippen LogP contribution in [0.5, 0.6) is 0 Å². The van der Waals surface area contributed by atoms with E-state index in [2.05, 4.69) is 5.32 Å². The average molecular weight is 389 g/mol. The van der Waals surface area contributed by atoms with E-state index in [-0.39, 0.29) is 24.3 Å². The van der Waals surface area contributed by atoms with Crippen LogP contribution in [0.3, 0.4) is 0 Å². The number of rotatable bonds is 8. The number of benzene rings is 1.